The zero-order valence-corrected chi connectivity index (χ0v) is 16.9. The number of carbonyl (C=O) groups is 2. The molecule has 6 heteroatoms. The van der Waals surface area contributed by atoms with Gasteiger partial charge in [-0.05, 0) is 72.7 Å². The first-order valence-electron chi connectivity index (χ1n) is 9.38. The van der Waals surface area contributed by atoms with Gasteiger partial charge in [0.15, 0.2) is 0 Å². The van der Waals surface area contributed by atoms with E-state index in [1.54, 1.807) is 31.4 Å². The maximum Gasteiger partial charge on any atom is 0.255 e. The van der Waals surface area contributed by atoms with E-state index in [-0.39, 0.29) is 18.3 Å². The Kier molecular flexibility index (Phi) is 6.39. The van der Waals surface area contributed by atoms with Crippen LogP contribution in [0.2, 0.25) is 0 Å². The van der Waals surface area contributed by atoms with Gasteiger partial charge in [0.2, 0.25) is 0 Å². The maximum absolute atomic E-state index is 12.8. The Morgan fingerprint density at radius 1 is 1.10 bits per heavy atom. The highest BCUT2D eigenvalue weighted by Crippen LogP contribution is 2.33. The van der Waals surface area contributed by atoms with Gasteiger partial charge < -0.3 is 15.4 Å². The number of amides is 1. The zero-order chi connectivity index (χ0) is 19.5. The fourth-order valence-corrected chi connectivity index (χ4v) is 3.17. The van der Waals surface area contributed by atoms with Crippen LogP contribution in [0.1, 0.15) is 33.6 Å². The van der Waals surface area contributed by atoms with Crippen LogP contribution in [-0.4, -0.2) is 25.8 Å². The second kappa shape index (κ2) is 8.97. The minimum Gasteiger partial charge on any atom is -0.497 e. The molecule has 1 amide bonds. The highest BCUT2D eigenvalue weighted by Gasteiger charge is 2.21. The quantitative estimate of drug-likeness (QED) is 0.528. The molecule has 0 spiro atoms. The SMILES string of the molecule is COc1ccc2cc(C(=O)Nc3ccc(C=O)cc3)cc(NCC3CC3)c2c1.Cl. The van der Waals surface area contributed by atoms with Crippen molar-refractivity contribution in [1.82, 2.24) is 0 Å². The second-order valence-electron chi connectivity index (χ2n) is 7.13. The van der Waals surface area contributed by atoms with Crippen molar-refractivity contribution in [1.29, 1.82) is 0 Å². The van der Waals surface area contributed by atoms with Crippen LogP contribution in [0.25, 0.3) is 10.8 Å². The lowest BCUT2D eigenvalue weighted by Gasteiger charge is -2.14. The van der Waals surface area contributed by atoms with Crippen molar-refractivity contribution in [3.63, 3.8) is 0 Å². The van der Waals surface area contributed by atoms with Crippen molar-refractivity contribution in [2.75, 3.05) is 24.3 Å². The third kappa shape index (κ3) is 4.87. The van der Waals surface area contributed by atoms with Crippen LogP contribution in [0.4, 0.5) is 11.4 Å². The number of methoxy groups -OCH3 is 1. The zero-order valence-electron chi connectivity index (χ0n) is 16.1. The van der Waals surface area contributed by atoms with Gasteiger partial charge in [-0.15, -0.1) is 12.4 Å². The molecule has 2 N–H and O–H groups in total. The molecule has 0 atom stereocenters. The Bertz CT molecular complexity index is 1030. The number of fused-ring (bicyclic) bond motifs is 1. The summed E-state index contributed by atoms with van der Waals surface area (Å²) in [6, 6.07) is 16.4. The molecule has 5 nitrogen and oxygen atoms in total. The summed E-state index contributed by atoms with van der Waals surface area (Å²) in [5.74, 6) is 1.31. The molecular formula is C23H23ClN2O3. The maximum atomic E-state index is 12.8. The van der Waals surface area contributed by atoms with Gasteiger partial charge in [-0.3, -0.25) is 9.59 Å². The van der Waals surface area contributed by atoms with Crippen molar-refractivity contribution in [2.24, 2.45) is 5.92 Å². The topological polar surface area (TPSA) is 67.4 Å². The van der Waals surface area contributed by atoms with Gasteiger partial charge in [-0.1, -0.05) is 6.07 Å². The summed E-state index contributed by atoms with van der Waals surface area (Å²) in [6.07, 6.45) is 3.29. The molecule has 0 aliphatic heterocycles. The van der Waals surface area contributed by atoms with Crippen LogP contribution in [0, 0.1) is 5.92 Å². The van der Waals surface area contributed by atoms with Gasteiger partial charge >= 0.3 is 0 Å². The lowest BCUT2D eigenvalue weighted by atomic mass is 10.0. The number of halogens is 1. The van der Waals surface area contributed by atoms with Crippen molar-refractivity contribution >= 4 is 46.7 Å². The molecule has 4 rings (SSSR count). The fraction of sp³-hybridized carbons (Fsp3) is 0.217. The Labute approximate surface area is 175 Å². The predicted octanol–water partition coefficient (Wildman–Crippen LogP) is 5.16. The molecule has 1 aliphatic rings. The summed E-state index contributed by atoms with van der Waals surface area (Å²) < 4.78 is 5.36. The molecule has 1 saturated carbocycles. The minimum absolute atomic E-state index is 0. The van der Waals surface area contributed by atoms with Crippen molar-refractivity contribution in [3.8, 4) is 5.75 Å². The molecule has 29 heavy (non-hydrogen) atoms. The number of aldehydes is 1. The van der Waals surface area contributed by atoms with Gasteiger partial charge in [-0.25, -0.2) is 0 Å². The molecule has 3 aromatic carbocycles. The molecule has 0 unspecified atom stereocenters. The number of hydrogen-bond donors (Lipinski definition) is 2. The monoisotopic (exact) mass is 410 g/mol. The molecule has 1 aliphatic carbocycles. The normalized spacial score (nSPS) is 12.7. The summed E-state index contributed by atoms with van der Waals surface area (Å²) in [4.78, 5) is 23.6. The second-order valence-corrected chi connectivity index (χ2v) is 7.13. The molecule has 0 bridgehead atoms. The Morgan fingerprint density at radius 2 is 1.86 bits per heavy atom. The highest BCUT2D eigenvalue weighted by atomic mass is 35.5. The first-order chi connectivity index (χ1) is 13.7. The van der Waals surface area contributed by atoms with Crippen molar-refractivity contribution < 1.29 is 14.3 Å². The van der Waals surface area contributed by atoms with Crippen LogP contribution in [0.5, 0.6) is 5.75 Å². The Morgan fingerprint density at radius 3 is 2.52 bits per heavy atom. The van der Waals surface area contributed by atoms with Gasteiger partial charge in [0.25, 0.3) is 5.91 Å². The Balaban J connectivity index is 0.00000240. The van der Waals surface area contributed by atoms with Crippen LogP contribution >= 0.6 is 12.4 Å². The van der Waals surface area contributed by atoms with E-state index in [0.717, 1.165) is 41.0 Å². The van der Waals surface area contributed by atoms with Crippen molar-refractivity contribution in [3.05, 3.63) is 65.7 Å². The summed E-state index contributed by atoms with van der Waals surface area (Å²) in [6.45, 7) is 0.907. The number of carbonyl (C=O) groups excluding carboxylic acids is 2. The van der Waals surface area contributed by atoms with E-state index in [4.69, 9.17) is 4.74 Å². The van der Waals surface area contributed by atoms with Gasteiger partial charge in [0, 0.05) is 34.4 Å². The number of nitrogens with one attached hydrogen (secondary N) is 2. The lowest BCUT2D eigenvalue weighted by Crippen LogP contribution is -2.13. The summed E-state index contributed by atoms with van der Waals surface area (Å²) in [5.41, 5.74) is 2.74. The molecule has 0 saturated heterocycles. The third-order valence-corrected chi connectivity index (χ3v) is 5.01. The average molecular weight is 411 g/mol. The standard InChI is InChI=1S/C23H22N2O3.ClH/c1-28-20-9-6-17-10-18(11-22(21(17)12-20)24-13-15-2-3-15)23(27)25-19-7-4-16(14-26)5-8-19;/h4-12,14-15,24H,2-3,13H2,1H3,(H,25,27);1H. The molecular weight excluding hydrogens is 388 g/mol. The van der Waals surface area contributed by atoms with Gasteiger partial charge in [0.1, 0.15) is 12.0 Å². The molecule has 0 aromatic heterocycles. The average Bonchev–Trinajstić information content (AvgIpc) is 3.56. The molecule has 1 fully saturated rings. The molecule has 3 aromatic rings. The Hall–Kier alpha value is -3.05. The minimum atomic E-state index is -0.189. The van der Waals surface area contributed by atoms with E-state index >= 15 is 0 Å². The summed E-state index contributed by atoms with van der Waals surface area (Å²) >= 11 is 0. The van der Waals surface area contributed by atoms with E-state index < -0.39 is 0 Å². The van der Waals surface area contributed by atoms with Crippen LogP contribution < -0.4 is 15.4 Å². The van der Waals surface area contributed by atoms with E-state index in [9.17, 15) is 9.59 Å². The predicted molar refractivity (Wildman–Crippen MR) is 119 cm³/mol. The van der Waals surface area contributed by atoms with Crippen LogP contribution in [-0.2, 0) is 0 Å². The molecule has 0 heterocycles. The number of ether oxygens (including phenoxy) is 1. The molecule has 150 valence electrons. The largest absolute Gasteiger partial charge is 0.497 e. The van der Waals surface area contributed by atoms with E-state index in [1.165, 1.54) is 12.8 Å². The summed E-state index contributed by atoms with van der Waals surface area (Å²) in [5, 5.41) is 8.40. The first-order valence-corrected chi connectivity index (χ1v) is 9.38. The van der Waals surface area contributed by atoms with E-state index in [1.807, 2.05) is 30.3 Å². The van der Waals surface area contributed by atoms with Gasteiger partial charge in [0.05, 0.1) is 7.11 Å². The smallest absolute Gasteiger partial charge is 0.255 e. The third-order valence-electron chi connectivity index (χ3n) is 5.01. The fourth-order valence-electron chi connectivity index (χ4n) is 3.17. The number of hydrogen-bond acceptors (Lipinski definition) is 4. The van der Waals surface area contributed by atoms with Crippen LogP contribution in [0.3, 0.4) is 0 Å². The summed E-state index contributed by atoms with van der Waals surface area (Å²) in [7, 11) is 1.65. The molecule has 0 radical (unpaired) electrons. The highest BCUT2D eigenvalue weighted by molar-refractivity contribution is 6.09. The number of anilines is 2. The van der Waals surface area contributed by atoms with Crippen molar-refractivity contribution in [2.45, 2.75) is 12.8 Å². The first kappa shape index (κ1) is 20.7. The lowest BCUT2D eigenvalue weighted by molar-refractivity contribution is 0.102. The number of benzene rings is 3. The van der Waals surface area contributed by atoms with E-state index in [0.29, 0.717) is 16.8 Å². The van der Waals surface area contributed by atoms with E-state index in [2.05, 4.69) is 10.6 Å². The van der Waals surface area contributed by atoms with Gasteiger partial charge in [-0.2, -0.15) is 0 Å². The number of rotatable bonds is 7. The van der Waals surface area contributed by atoms with Crippen LogP contribution in [0.15, 0.2) is 54.6 Å².